The third kappa shape index (κ3) is 5.46. The fourth-order valence-corrected chi connectivity index (χ4v) is 1.76. The predicted molar refractivity (Wildman–Crippen MR) is 60.5 cm³/mol. The maximum atomic E-state index is 10.8. The molecule has 16 heavy (non-hydrogen) atoms. The Kier molecular flexibility index (Phi) is 6.82. The van der Waals surface area contributed by atoms with E-state index in [9.17, 15) is 8.42 Å². The summed E-state index contributed by atoms with van der Waals surface area (Å²) in [5.74, 6) is 0.631. The Labute approximate surface area is 121 Å². The van der Waals surface area contributed by atoms with Gasteiger partial charge in [-0.2, -0.15) is 8.42 Å². The number of rotatable bonds is 4. The van der Waals surface area contributed by atoms with Crippen LogP contribution in [0, 0.1) is 5.92 Å². The zero-order chi connectivity index (χ0) is 11.5. The van der Waals surface area contributed by atoms with Gasteiger partial charge in [0.15, 0.2) is 0 Å². The summed E-state index contributed by atoms with van der Waals surface area (Å²) in [4.78, 5) is -0.0456. The van der Waals surface area contributed by atoms with Crippen LogP contribution in [0.2, 0.25) is 0 Å². The Bertz CT molecular complexity index is 415. The van der Waals surface area contributed by atoms with Gasteiger partial charge in [-0.05, 0) is 36.5 Å². The fraction of sp³-hybridized carbons (Fsp3) is 0.455. The maximum absolute atomic E-state index is 10.8. The smallest absolute Gasteiger partial charge is 1.00 e. The molecule has 5 heteroatoms. The van der Waals surface area contributed by atoms with E-state index in [1.54, 1.807) is 12.1 Å². The molecular formula is C11H17NaO3S. The van der Waals surface area contributed by atoms with Crippen LogP contribution in [0.1, 0.15) is 27.3 Å². The Morgan fingerprint density at radius 3 is 2.12 bits per heavy atom. The standard InChI is InChI=1S/C11H16O3S.Na.H/c1-9(2)3-4-10-5-7-11(8-6-10)15(12,13)14;;/h5-9H,3-4H2,1-2H3,(H,12,13,14);;/q;+1;-1. The largest absolute Gasteiger partial charge is 1.00 e. The summed E-state index contributed by atoms with van der Waals surface area (Å²) in [5.41, 5.74) is 1.09. The maximum Gasteiger partial charge on any atom is 1.00 e. The van der Waals surface area contributed by atoms with E-state index < -0.39 is 10.1 Å². The summed E-state index contributed by atoms with van der Waals surface area (Å²) in [6, 6.07) is 6.35. The predicted octanol–water partition coefficient (Wildman–Crippen LogP) is -0.362. The number of hydrogen-bond donors (Lipinski definition) is 1. The van der Waals surface area contributed by atoms with Crippen molar-refractivity contribution in [1.82, 2.24) is 0 Å². The topological polar surface area (TPSA) is 54.4 Å². The van der Waals surface area contributed by atoms with Gasteiger partial charge in [0, 0.05) is 0 Å². The Morgan fingerprint density at radius 1 is 1.25 bits per heavy atom. The van der Waals surface area contributed by atoms with Crippen molar-refractivity contribution >= 4 is 10.1 Å². The zero-order valence-electron chi connectivity index (χ0n) is 11.0. The van der Waals surface area contributed by atoms with E-state index in [0.717, 1.165) is 18.4 Å². The van der Waals surface area contributed by atoms with Crippen molar-refractivity contribution in [2.45, 2.75) is 31.6 Å². The summed E-state index contributed by atoms with van der Waals surface area (Å²) in [5, 5.41) is 0. The van der Waals surface area contributed by atoms with Gasteiger partial charge in [-0.1, -0.05) is 26.0 Å². The SMILES string of the molecule is CC(C)CCc1ccc(S(=O)(=O)O)cc1.[H-].[Na+]. The molecule has 1 N–H and O–H groups in total. The van der Waals surface area contributed by atoms with Crippen molar-refractivity contribution in [1.29, 1.82) is 0 Å². The van der Waals surface area contributed by atoms with Gasteiger partial charge in [-0.3, -0.25) is 4.55 Å². The molecule has 0 spiro atoms. The van der Waals surface area contributed by atoms with Crippen molar-refractivity contribution in [2.24, 2.45) is 5.92 Å². The van der Waals surface area contributed by atoms with Crippen LogP contribution in [-0.4, -0.2) is 13.0 Å². The first kappa shape index (κ1) is 16.1. The minimum Gasteiger partial charge on any atom is -1.00 e. The van der Waals surface area contributed by atoms with Crippen molar-refractivity contribution in [2.75, 3.05) is 0 Å². The van der Waals surface area contributed by atoms with E-state index in [0.29, 0.717) is 5.92 Å². The third-order valence-corrected chi connectivity index (χ3v) is 3.10. The van der Waals surface area contributed by atoms with Gasteiger partial charge in [-0.25, -0.2) is 0 Å². The quantitative estimate of drug-likeness (QED) is 0.588. The first-order valence-electron chi connectivity index (χ1n) is 4.96. The van der Waals surface area contributed by atoms with Gasteiger partial charge < -0.3 is 1.43 Å². The van der Waals surface area contributed by atoms with Crippen LogP contribution in [0.25, 0.3) is 0 Å². The van der Waals surface area contributed by atoms with Gasteiger partial charge in [0.25, 0.3) is 10.1 Å². The Morgan fingerprint density at radius 2 is 1.75 bits per heavy atom. The molecule has 0 aliphatic rings. The summed E-state index contributed by atoms with van der Waals surface area (Å²) in [6.45, 7) is 4.29. The number of benzene rings is 1. The molecule has 0 aromatic heterocycles. The van der Waals surface area contributed by atoms with Crippen molar-refractivity contribution in [3.63, 3.8) is 0 Å². The average molecular weight is 252 g/mol. The van der Waals surface area contributed by atoms with Crippen molar-refractivity contribution < 1.29 is 44.0 Å². The first-order chi connectivity index (χ1) is 6.89. The molecule has 0 unspecified atom stereocenters. The normalized spacial score (nSPS) is 11.2. The molecular weight excluding hydrogens is 235 g/mol. The molecule has 0 radical (unpaired) electrons. The molecule has 1 aromatic rings. The summed E-state index contributed by atoms with van der Waals surface area (Å²) >= 11 is 0. The second kappa shape index (κ2) is 6.77. The Hall–Kier alpha value is 0.130. The van der Waals surface area contributed by atoms with Crippen LogP contribution >= 0.6 is 0 Å². The molecule has 3 nitrogen and oxygen atoms in total. The van der Waals surface area contributed by atoms with E-state index in [1.165, 1.54) is 12.1 Å². The van der Waals surface area contributed by atoms with Crippen molar-refractivity contribution in [3.05, 3.63) is 29.8 Å². The van der Waals surface area contributed by atoms with Gasteiger partial charge in [0.2, 0.25) is 0 Å². The van der Waals surface area contributed by atoms with Crippen LogP contribution in [0.5, 0.6) is 0 Å². The van der Waals surface area contributed by atoms with E-state index in [1.807, 2.05) is 0 Å². The van der Waals surface area contributed by atoms with E-state index >= 15 is 0 Å². The number of aryl methyl sites for hydroxylation is 1. The van der Waals surface area contributed by atoms with Crippen molar-refractivity contribution in [3.8, 4) is 0 Å². The summed E-state index contributed by atoms with van der Waals surface area (Å²) in [7, 11) is -4.05. The third-order valence-electron chi connectivity index (χ3n) is 2.23. The van der Waals surface area contributed by atoms with Crippen LogP contribution in [0.4, 0.5) is 0 Å². The molecule has 0 bridgehead atoms. The van der Waals surface area contributed by atoms with Gasteiger partial charge in [0.05, 0.1) is 4.90 Å². The summed E-state index contributed by atoms with van der Waals surface area (Å²) in [6.07, 6.45) is 2.01. The minimum absolute atomic E-state index is 0. The molecule has 1 rings (SSSR count). The molecule has 0 amide bonds. The minimum atomic E-state index is -4.05. The molecule has 0 saturated carbocycles. The Balaban J connectivity index is 0. The molecule has 1 aromatic carbocycles. The fourth-order valence-electron chi connectivity index (χ4n) is 1.28. The molecule has 0 saturated heterocycles. The molecule has 0 aliphatic carbocycles. The number of hydrogen-bond acceptors (Lipinski definition) is 2. The van der Waals surface area contributed by atoms with Gasteiger partial charge in [-0.15, -0.1) is 0 Å². The molecule has 86 valence electrons. The van der Waals surface area contributed by atoms with Crippen LogP contribution in [0.15, 0.2) is 29.2 Å². The van der Waals surface area contributed by atoms with Gasteiger partial charge in [0.1, 0.15) is 0 Å². The average Bonchev–Trinajstić information content (AvgIpc) is 2.14. The molecule has 0 atom stereocenters. The molecule has 0 heterocycles. The van der Waals surface area contributed by atoms with Gasteiger partial charge >= 0.3 is 29.6 Å². The first-order valence-corrected chi connectivity index (χ1v) is 6.40. The zero-order valence-corrected chi connectivity index (χ0v) is 12.8. The summed E-state index contributed by atoms with van der Waals surface area (Å²) < 4.78 is 30.3. The second-order valence-electron chi connectivity index (χ2n) is 4.05. The monoisotopic (exact) mass is 252 g/mol. The van der Waals surface area contributed by atoms with Crippen LogP contribution in [0.3, 0.4) is 0 Å². The van der Waals surface area contributed by atoms with E-state index in [-0.39, 0.29) is 35.9 Å². The molecule has 0 fully saturated rings. The van der Waals surface area contributed by atoms with Crippen LogP contribution in [-0.2, 0) is 16.5 Å². The molecule has 0 aliphatic heterocycles. The van der Waals surface area contributed by atoms with E-state index in [2.05, 4.69) is 13.8 Å². The van der Waals surface area contributed by atoms with Crippen LogP contribution < -0.4 is 29.6 Å². The second-order valence-corrected chi connectivity index (χ2v) is 5.47. The van der Waals surface area contributed by atoms with E-state index in [4.69, 9.17) is 4.55 Å².